The molecule has 0 aliphatic heterocycles. The Morgan fingerprint density at radius 1 is 1.25 bits per heavy atom. The summed E-state index contributed by atoms with van der Waals surface area (Å²) in [6.07, 6.45) is 0. The summed E-state index contributed by atoms with van der Waals surface area (Å²) in [5.41, 5.74) is 1.64. The summed E-state index contributed by atoms with van der Waals surface area (Å²) in [5.74, 6) is 1.39. The molecule has 2 aromatic carbocycles. The number of aromatic nitrogens is 3. The highest BCUT2D eigenvalue weighted by Gasteiger charge is 2.16. The number of ether oxygens (including phenoxy) is 1. The number of non-ortho nitro benzene ring substituents is 1. The summed E-state index contributed by atoms with van der Waals surface area (Å²) in [7, 11) is 0. The number of hydrogen-bond donors (Lipinski definition) is 0. The van der Waals surface area contributed by atoms with E-state index in [1.807, 2.05) is 29.5 Å². The van der Waals surface area contributed by atoms with E-state index in [1.165, 1.54) is 23.5 Å². The van der Waals surface area contributed by atoms with Crippen molar-refractivity contribution in [1.82, 2.24) is 14.6 Å². The molecule has 4 aromatic rings. The molecule has 0 fully saturated rings. The van der Waals surface area contributed by atoms with Crippen LogP contribution in [0, 0.1) is 10.1 Å². The number of benzene rings is 2. The molecule has 0 saturated heterocycles. The Hall–Kier alpha value is -3.00. The fourth-order valence-electron chi connectivity index (χ4n) is 2.61. The maximum Gasteiger partial charge on any atom is 0.270 e. The van der Waals surface area contributed by atoms with Gasteiger partial charge in [0.05, 0.1) is 21.7 Å². The van der Waals surface area contributed by atoms with Gasteiger partial charge in [-0.3, -0.25) is 14.5 Å². The number of nitro benzene ring substituents is 1. The summed E-state index contributed by atoms with van der Waals surface area (Å²) in [6.45, 7) is 2.55. The van der Waals surface area contributed by atoms with Crippen LogP contribution < -0.4 is 4.74 Å². The Kier molecular flexibility index (Phi) is 3.39. The van der Waals surface area contributed by atoms with E-state index >= 15 is 0 Å². The summed E-state index contributed by atoms with van der Waals surface area (Å²) < 4.78 is 8.47. The van der Waals surface area contributed by atoms with Gasteiger partial charge in [0.1, 0.15) is 5.75 Å². The maximum absolute atomic E-state index is 11.0. The van der Waals surface area contributed by atoms with E-state index in [9.17, 15) is 10.1 Å². The average molecular weight is 340 g/mol. The molecule has 0 unspecified atom stereocenters. The molecule has 0 amide bonds. The first-order chi connectivity index (χ1) is 11.7. The van der Waals surface area contributed by atoms with Gasteiger partial charge >= 0.3 is 0 Å². The number of hydrogen-bond acceptors (Lipinski definition) is 6. The standard InChI is InChI=1S/C16H12N4O3S/c1-2-23-12-6-7-13-14(9-12)24-16-18-17-15(19(13)16)10-4-3-5-11(8-10)20(21)22/h3-9H,2H2,1H3. The van der Waals surface area contributed by atoms with E-state index in [-0.39, 0.29) is 5.69 Å². The smallest absolute Gasteiger partial charge is 0.270 e. The first kappa shape index (κ1) is 14.6. The second-order valence-electron chi connectivity index (χ2n) is 5.11. The lowest BCUT2D eigenvalue weighted by Gasteiger charge is -2.03. The van der Waals surface area contributed by atoms with Crippen molar-refractivity contribution >= 4 is 32.2 Å². The Balaban J connectivity index is 1.92. The first-order valence-corrected chi connectivity index (χ1v) is 8.14. The van der Waals surface area contributed by atoms with Crippen LogP contribution in [0.3, 0.4) is 0 Å². The average Bonchev–Trinajstić information content (AvgIpc) is 3.13. The summed E-state index contributed by atoms with van der Waals surface area (Å²) in [5, 5.41) is 19.4. The van der Waals surface area contributed by atoms with Crippen molar-refractivity contribution in [3.63, 3.8) is 0 Å². The number of rotatable bonds is 4. The molecule has 0 bridgehead atoms. The lowest BCUT2D eigenvalue weighted by Crippen LogP contribution is -1.92. The molecule has 0 saturated carbocycles. The molecule has 0 spiro atoms. The van der Waals surface area contributed by atoms with Gasteiger partial charge in [-0.15, -0.1) is 10.2 Å². The summed E-state index contributed by atoms with van der Waals surface area (Å²) in [4.78, 5) is 11.3. The largest absolute Gasteiger partial charge is 0.494 e. The molecule has 8 heteroatoms. The Morgan fingerprint density at radius 2 is 2.12 bits per heavy atom. The second-order valence-corrected chi connectivity index (χ2v) is 6.12. The molecule has 0 atom stereocenters. The minimum absolute atomic E-state index is 0.0300. The Labute approximate surface area is 140 Å². The normalized spacial score (nSPS) is 11.2. The molecule has 7 nitrogen and oxygen atoms in total. The third kappa shape index (κ3) is 2.28. The van der Waals surface area contributed by atoms with Crippen LogP contribution in [0.2, 0.25) is 0 Å². The van der Waals surface area contributed by atoms with Crippen LogP contribution in [-0.2, 0) is 0 Å². The van der Waals surface area contributed by atoms with E-state index in [4.69, 9.17) is 4.74 Å². The van der Waals surface area contributed by atoms with Gasteiger partial charge in [-0.25, -0.2) is 0 Å². The van der Waals surface area contributed by atoms with Crippen molar-refractivity contribution in [2.75, 3.05) is 6.61 Å². The van der Waals surface area contributed by atoms with Crippen molar-refractivity contribution in [1.29, 1.82) is 0 Å². The lowest BCUT2D eigenvalue weighted by molar-refractivity contribution is -0.384. The van der Waals surface area contributed by atoms with Gasteiger partial charge in [0, 0.05) is 17.7 Å². The number of nitro groups is 1. The fraction of sp³-hybridized carbons (Fsp3) is 0.125. The molecule has 4 rings (SSSR count). The third-order valence-corrected chi connectivity index (χ3v) is 4.63. The number of thiazole rings is 1. The lowest BCUT2D eigenvalue weighted by atomic mass is 10.2. The van der Waals surface area contributed by atoms with Crippen molar-refractivity contribution < 1.29 is 9.66 Å². The highest BCUT2D eigenvalue weighted by molar-refractivity contribution is 7.23. The quantitative estimate of drug-likeness (QED) is 0.415. The molecule has 2 heterocycles. The molecule has 0 aliphatic rings. The van der Waals surface area contributed by atoms with Crippen LogP contribution in [-0.4, -0.2) is 26.1 Å². The van der Waals surface area contributed by atoms with Crippen LogP contribution in [0.1, 0.15) is 6.92 Å². The molecule has 120 valence electrons. The molecular weight excluding hydrogens is 328 g/mol. The highest BCUT2D eigenvalue weighted by Crippen LogP contribution is 2.33. The van der Waals surface area contributed by atoms with Crippen molar-refractivity contribution in [3.05, 3.63) is 52.6 Å². The van der Waals surface area contributed by atoms with Crippen LogP contribution in [0.25, 0.3) is 26.6 Å². The van der Waals surface area contributed by atoms with E-state index < -0.39 is 4.92 Å². The Morgan fingerprint density at radius 3 is 2.92 bits per heavy atom. The van der Waals surface area contributed by atoms with E-state index in [0.717, 1.165) is 20.9 Å². The number of fused-ring (bicyclic) bond motifs is 3. The number of nitrogens with zero attached hydrogens (tertiary/aromatic N) is 4. The van der Waals surface area contributed by atoms with Crippen molar-refractivity contribution in [2.45, 2.75) is 6.92 Å². The van der Waals surface area contributed by atoms with Crippen LogP contribution in [0.15, 0.2) is 42.5 Å². The minimum Gasteiger partial charge on any atom is -0.494 e. The van der Waals surface area contributed by atoms with Crippen LogP contribution >= 0.6 is 11.3 Å². The maximum atomic E-state index is 11.0. The zero-order valence-electron chi connectivity index (χ0n) is 12.7. The third-order valence-electron chi connectivity index (χ3n) is 3.63. The summed E-state index contributed by atoms with van der Waals surface area (Å²) >= 11 is 1.50. The fourth-order valence-corrected chi connectivity index (χ4v) is 3.61. The summed E-state index contributed by atoms with van der Waals surface area (Å²) in [6, 6.07) is 12.2. The Bertz CT molecular complexity index is 1070. The van der Waals surface area contributed by atoms with Gasteiger partial charge < -0.3 is 4.74 Å². The molecule has 0 N–H and O–H groups in total. The predicted molar refractivity (Wildman–Crippen MR) is 91.6 cm³/mol. The monoisotopic (exact) mass is 340 g/mol. The van der Waals surface area contributed by atoms with Gasteiger partial charge in [-0.1, -0.05) is 23.5 Å². The van der Waals surface area contributed by atoms with Gasteiger partial charge in [-0.05, 0) is 25.1 Å². The highest BCUT2D eigenvalue weighted by atomic mass is 32.1. The van der Waals surface area contributed by atoms with Gasteiger partial charge in [-0.2, -0.15) is 0 Å². The molecule has 24 heavy (non-hydrogen) atoms. The topological polar surface area (TPSA) is 82.6 Å². The minimum atomic E-state index is -0.415. The van der Waals surface area contributed by atoms with Crippen molar-refractivity contribution in [2.24, 2.45) is 0 Å². The second kappa shape index (κ2) is 5.57. The zero-order valence-corrected chi connectivity index (χ0v) is 13.5. The zero-order chi connectivity index (χ0) is 16.7. The van der Waals surface area contributed by atoms with E-state index in [0.29, 0.717) is 18.0 Å². The molecular formula is C16H12N4O3S. The molecule has 0 aliphatic carbocycles. The van der Waals surface area contributed by atoms with E-state index in [1.54, 1.807) is 12.1 Å². The molecule has 2 aromatic heterocycles. The van der Waals surface area contributed by atoms with Gasteiger partial charge in [0.15, 0.2) is 5.82 Å². The van der Waals surface area contributed by atoms with Gasteiger partial charge in [0.25, 0.3) is 5.69 Å². The van der Waals surface area contributed by atoms with Crippen LogP contribution in [0.4, 0.5) is 5.69 Å². The predicted octanol–water partition coefficient (Wildman–Crippen LogP) is 3.92. The first-order valence-electron chi connectivity index (χ1n) is 7.32. The van der Waals surface area contributed by atoms with Crippen molar-refractivity contribution in [3.8, 4) is 17.1 Å². The molecule has 0 radical (unpaired) electrons. The van der Waals surface area contributed by atoms with Gasteiger partial charge in [0.2, 0.25) is 4.96 Å². The van der Waals surface area contributed by atoms with Crippen LogP contribution in [0.5, 0.6) is 5.75 Å². The SMILES string of the molecule is CCOc1ccc2c(c1)sc1nnc(-c3cccc([N+](=O)[O-])c3)n12. The van der Waals surface area contributed by atoms with E-state index in [2.05, 4.69) is 10.2 Å².